The fourth-order valence-electron chi connectivity index (χ4n) is 3.80. The maximum Gasteiger partial charge on any atom is 0.263 e. The van der Waals surface area contributed by atoms with Gasteiger partial charge in [-0.3, -0.25) is 4.79 Å². The van der Waals surface area contributed by atoms with E-state index in [0.29, 0.717) is 18.7 Å². The Hall–Kier alpha value is -2.54. The van der Waals surface area contributed by atoms with Gasteiger partial charge in [-0.15, -0.1) is 0 Å². The van der Waals surface area contributed by atoms with Gasteiger partial charge in [0.25, 0.3) is 5.91 Å². The van der Waals surface area contributed by atoms with Crippen molar-refractivity contribution in [1.29, 1.82) is 0 Å². The Morgan fingerprint density at radius 2 is 1.68 bits per heavy atom. The van der Waals surface area contributed by atoms with Crippen LogP contribution in [0.2, 0.25) is 0 Å². The van der Waals surface area contributed by atoms with E-state index in [2.05, 4.69) is 6.92 Å². The molecule has 0 aromatic heterocycles. The van der Waals surface area contributed by atoms with E-state index < -0.39 is 15.9 Å². The third kappa shape index (κ3) is 6.00. The Morgan fingerprint density at radius 1 is 1.06 bits per heavy atom. The Balaban J connectivity index is 1.78. The number of benzene rings is 2. The van der Waals surface area contributed by atoms with Gasteiger partial charge in [0.15, 0.2) is 15.9 Å². The summed E-state index contributed by atoms with van der Waals surface area (Å²) in [6, 6.07) is 15.3. The zero-order valence-corrected chi connectivity index (χ0v) is 19.6. The molecule has 31 heavy (non-hydrogen) atoms. The second-order valence-electron chi connectivity index (χ2n) is 8.34. The zero-order chi connectivity index (χ0) is 22.6. The molecule has 168 valence electrons. The highest BCUT2D eigenvalue weighted by atomic mass is 32.2. The van der Waals surface area contributed by atoms with Gasteiger partial charge in [-0.1, -0.05) is 31.2 Å². The van der Waals surface area contributed by atoms with Crippen LogP contribution in [0.1, 0.15) is 31.4 Å². The molecule has 1 heterocycles. The monoisotopic (exact) mass is 444 g/mol. The number of aryl methyl sites for hydroxylation is 1. The molecule has 2 aromatic carbocycles. The number of amides is 1. The molecule has 1 saturated heterocycles. The smallest absolute Gasteiger partial charge is 0.263 e. The average Bonchev–Trinajstić information content (AvgIpc) is 3.11. The van der Waals surface area contributed by atoms with Crippen LogP contribution in [0.3, 0.4) is 0 Å². The number of ether oxygens (including phenoxy) is 1. The summed E-state index contributed by atoms with van der Waals surface area (Å²) < 4.78 is 30.1. The van der Waals surface area contributed by atoms with Crippen LogP contribution in [0.5, 0.6) is 5.75 Å². The number of sulfone groups is 1. The first-order chi connectivity index (χ1) is 14.7. The Bertz CT molecular complexity index is 985. The highest BCUT2D eigenvalue weighted by molar-refractivity contribution is 7.91. The lowest BCUT2D eigenvalue weighted by Gasteiger charge is -2.31. The zero-order valence-electron chi connectivity index (χ0n) is 18.7. The van der Waals surface area contributed by atoms with Crippen LogP contribution in [0.25, 0.3) is 0 Å². The van der Waals surface area contributed by atoms with Gasteiger partial charge in [-0.2, -0.15) is 0 Å². The molecule has 6 nitrogen and oxygen atoms in total. The number of anilines is 1. The summed E-state index contributed by atoms with van der Waals surface area (Å²) in [5.41, 5.74) is 3.23. The maximum atomic E-state index is 13.3. The molecule has 1 aliphatic heterocycles. The van der Waals surface area contributed by atoms with Gasteiger partial charge in [0.05, 0.1) is 11.5 Å². The van der Waals surface area contributed by atoms with Gasteiger partial charge >= 0.3 is 0 Å². The minimum atomic E-state index is -3.12. The first-order valence-corrected chi connectivity index (χ1v) is 12.5. The summed E-state index contributed by atoms with van der Waals surface area (Å²) in [6.07, 6.45) is 0.685. The van der Waals surface area contributed by atoms with E-state index in [4.69, 9.17) is 4.74 Å². The fraction of sp³-hybridized carbons (Fsp3) is 0.458. The second-order valence-corrected chi connectivity index (χ2v) is 10.6. The predicted molar refractivity (Wildman–Crippen MR) is 124 cm³/mol. The van der Waals surface area contributed by atoms with E-state index >= 15 is 0 Å². The van der Waals surface area contributed by atoms with Crippen molar-refractivity contribution in [2.24, 2.45) is 0 Å². The number of hydrogen-bond donors (Lipinski definition) is 0. The molecule has 3 rings (SSSR count). The molecule has 1 amide bonds. The van der Waals surface area contributed by atoms with Gasteiger partial charge in [-0.05, 0) is 55.2 Å². The topological polar surface area (TPSA) is 66.9 Å². The summed E-state index contributed by atoms with van der Waals surface area (Å²) in [7, 11) is 0.827. The van der Waals surface area contributed by atoms with E-state index in [1.165, 1.54) is 5.56 Å². The molecule has 2 unspecified atom stereocenters. The van der Waals surface area contributed by atoms with Crippen LogP contribution in [-0.2, 0) is 27.6 Å². The quantitative estimate of drug-likeness (QED) is 0.625. The number of hydrogen-bond acceptors (Lipinski definition) is 5. The standard InChI is InChI=1S/C24H32N2O4S/c1-5-19-8-12-23(13-9-19)30-18(2)24(27)26(22-14-15-31(28,29)17-22)16-20-6-10-21(11-7-20)25(3)4/h6-13,18,22H,5,14-17H2,1-4H3. The maximum absolute atomic E-state index is 13.3. The van der Waals surface area contributed by atoms with Gasteiger partial charge in [0, 0.05) is 32.4 Å². The van der Waals surface area contributed by atoms with Gasteiger partial charge in [0.1, 0.15) is 5.75 Å². The molecular formula is C24H32N2O4S. The van der Waals surface area contributed by atoms with E-state index in [9.17, 15) is 13.2 Å². The molecule has 1 fully saturated rings. The van der Waals surface area contributed by atoms with Crippen molar-refractivity contribution in [1.82, 2.24) is 4.90 Å². The molecule has 7 heteroatoms. The van der Waals surface area contributed by atoms with Gasteiger partial charge in [-0.25, -0.2) is 8.42 Å². The lowest BCUT2D eigenvalue weighted by atomic mass is 10.1. The number of carbonyl (C=O) groups is 1. The van der Waals surface area contributed by atoms with Gasteiger partial charge < -0.3 is 14.5 Å². The van der Waals surface area contributed by atoms with Crippen molar-refractivity contribution in [3.05, 3.63) is 59.7 Å². The van der Waals surface area contributed by atoms with Crippen LogP contribution < -0.4 is 9.64 Å². The third-order valence-electron chi connectivity index (χ3n) is 5.73. The van der Waals surface area contributed by atoms with Crippen molar-refractivity contribution in [2.75, 3.05) is 30.5 Å². The lowest BCUT2D eigenvalue weighted by Crippen LogP contribution is -2.46. The van der Waals surface area contributed by atoms with Gasteiger partial charge in [0.2, 0.25) is 0 Å². The van der Waals surface area contributed by atoms with E-state index in [-0.39, 0.29) is 23.5 Å². The van der Waals surface area contributed by atoms with Crippen LogP contribution in [0.4, 0.5) is 5.69 Å². The molecule has 2 atom stereocenters. The Labute approximate surface area is 185 Å². The predicted octanol–water partition coefficient (Wildman–Crippen LogP) is 3.30. The average molecular weight is 445 g/mol. The van der Waals surface area contributed by atoms with E-state index in [1.807, 2.05) is 67.5 Å². The van der Waals surface area contributed by atoms with Crippen LogP contribution in [0, 0.1) is 0 Å². The first-order valence-electron chi connectivity index (χ1n) is 10.7. The van der Waals surface area contributed by atoms with Crippen LogP contribution >= 0.6 is 0 Å². The summed E-state index contributed by atoms with van der Waals surface area (Å²) in [5.74, 6) is 0.562. The largest absolute Gasteiger partial charge is 0.481 e. The summed E-state index contributed by atoms with van der Waals surface area (Å²) >= 11 is 0. The van der Waals surface area contributed by atoms with Crippen molar-refractivity contribution < 1.29 is 17.9 Å². The second kappa shape index (κ2) is 9.73. The molecule has 0 aliphatic carbocycles. The molecule has 0 saturated carbocycles. The molecule has 2 aromatic rings. The summed E-state index contributed by atoms with van der Waals surface area (Å²) in [4.78, 5) is 17.0. The van der Waals surface area contributed by atoms with Crippen LogP contribution in [-0.4, -0.2) is 57.0 Å². The van der Waals surface area contributed by atoms with Crippen molar-refractivity contribution in [3.8, 4) is 5.75 Å². The SMILES string of the molecule is CCc1ccc(OC(C)C(=O)N(Cc2ccc(N(C)C)cc2)C2CCS(=O)(=O)C2)cc1. The highest BCUT2D eigenvalue weighted by Gasteiger charge is 2.36. The lowest BCUT2D eigenvalue weighted by molar-refractivity contribution is -0.140. The summed E-state index contributed by atoms with van der Waals surface area (Å²) in [5, 5.41) is 0. The molecular weight excluding hydrogens is 412 g/mol. The molecule has 0 spiro atoms. The molecule has 0 radical (unpaired) electrons. The number of nitrogens with zero attached hydrogens (tertiary/aromatic N) is 2. The molecule has 0 bridgehead atoms. The van der Waals surface area contributed by atoms with Crippen LogP contribution in [0.15, 0.2) is 48.5 Å². The normalized spacial score (nSPS) is 18.4. The number of carbonyl (C=O) groups excluding carboxylic acids is 1. The van der Waals surface area contributed by atoms with E-state index in [1.54, 1.807) is 11.8 Å². The third-order valence-corrected chi connectivity index (χ3v) is 7.48. The Morgan fingerprint density at radius 3 is 2.19 bits per heavy atom. The number of rotatable bonds is 8. The first kappa shape index (κ1) is 23.1. The minimum absolute atomic E-state index is 0.00639. The highest BCUT2D eigenvalue weighted by Crippen LogP contribution is 2.23. The van der Waals surface area contributed by atoms with Crippen molar-refractivity contribution in [2.45, 2.75) is 45.4 Å². The van der Waals surface area contributed by atoms with Crippen molar-refractivity contribution in [3.63, 3.8) is 0 Å². The molecule has 1 aliphatic rings. The molecule has 0 N–H and O–H groups in total. The minimum Gasteiger partial charge on any atom is -0.481 e. The van der Waals surface area contributed by atoms with E-state index in [0.717, 1.165) is 17.7 Å². The fourth-order valence-corrected chi connectivity index (χ4v) is 5.53. The van der Waals surface area contributed by atoms with Crippen molar-refractivity contribution >= 4 is 21.4 Å². The summed E-state index contributed by atoms with van der Waals surface area (Å²) in [6.45, 7) is 4.16. The Kier molecular flexibility index (Phi) is 7.26.